The number of likely N-dealkylation sites (tertiary alicyclic amines) is 1. The van der Waals surface area contributed by atoms with Crippen LogP contribution in [0.15, 0.2) is 24.3 Å². The number of carbonyl (C=O) groups is 2. The molecule has 1 unspecified atom stereocenters. The summed E-state index contributed by atoms with van der Waals surface area (Å²) in [5.74, 6) is 0.369. The van der Waals surface area contributed by atoms with Gasteiger partial charge in [0.1, 0.15) is 0 Å². The predicted molar refractivity (Wildman–Crippen MR) is 125 cm³/mol. The van der Waals surface area contributed by atoms with Gasteiger partial charge >= 0.3 is 6.09 Å². The Bertz CT molecular complexity index is 760. The molecule has 2 aliphatic rings. The van der Waals surface area contributed by atoms with E-state index in [9.17, 15) is 14.7 Å². The minimum Gasteiger partial charge on any atom is -0.465 e. The molecule has 2 amide bonds. The standard InChI is InChI=1S/C25H37ClN2O3/c1-25(2,3)28(24(30)31)21-13-15-27(16-14-21)23(29)22(18-9-6-4-5-7-10-18)19-11-8-12-20(26)17-19/h8,11-12,17-18,21-22H,4-7,9-10,13-16H2,1-3H3,(H,30,31). The van der Waals surface area contributed by atoms with Gasteiger partial charge in [0, 0.05) is 29.7 Å². The molecule has 1 saturated heterocycles. The molecule has 6 heteroatoms. The van der Waals surface area contributed by atoms with E-state index in [0.29, 0.717) is 36.9 Å². The fraction of sp³-hybridized carbons (Fsp3) is 0.680. The summed E-state index contributed by atoms with van der Waals surface area (Å²) in [5, 5.41) is 10.4. The van der Waals surface area contributed by atoms with Gasteiger partial charge in [-0.05, 0) is 70.1 Å². The van der Waals surface area contributed by atoms with Crippen LogP contribution in [-0.4, -0.2) is 51.6 Å². The number of benzene rings is 1. The van der Waals surface area contributed by atoms with E-state index in [1.54, 1.807) is 4.90 Å². The maximum atomic E-state index is 13.8. The minimum atomic E-state index is -0.882. The second-order valence-electron chi connectivity index (χ2n) is 10.2. The van der Waals surface area contributed by atoms with Crippen LogP contribution < -0.4 is 0 Å². The maximum Gasteiger partial charge on any atom is 0.407 e. The molecular weight excluding hydrogens is 412 g/mol. The van der Waals surface area contributed by atoms with Gasteiger partial charge in [-0.25, -0.2) is 4.79 Å². The van der Waals surface area contributed by atoms with Gasteiger partial charge in [-0.3, -0.25) is 4.79 Å². The number of hydrogen-bond donors (Lipinski definition) is 1. The Hall–Kier alpha value is -1.75. The molecule has 2 fully saturated rings. The molecule has 1 aliphatic heterocycles. The van der Waals surface area contributed by atoms with E-state index in [0.717, 1.165) is 18.4 Å². The molecule has 1 aromatic carbocycles. The van der Waals surface area contributed by atoms with Crippen molar-refractivity contribution in [2.75, 3.05) is 13.1 Å². The Labute approximate surface area is 191 Å². The molecule has 0 aromatic heterocycles. The lowest BCUT2D eigenvalue weighted by Gasteiger charge is -2.44. The van der Waals surface area contributed by atoms with Gasteiger partial charge in [0.05, 0.1) is 5.92 Å². The van der Waals surface area contributed by atoms with Crippen LogP contribution in [0.2, 0.25) is 5.02 Å². The topological polar surface area (TPSA) is 60.9 Å². The third kappa shape index (κ3) is 5.94. The van der Waals surface area contributed by atoms with E-state index in [2.05, 4.69) is 0 Å². The highest BCUT2D eigenvalue weighted by Crippen LogP contribution is 2.38. The van der Waals surface area contributed by atoms with Crippen LogP contribution in [-0.2, 0) is 4.79 Å². The lowest BCUT2D eigenvalue weighted by molar-refractivity contribution is -0.136. The number of nitrogens with zero attached hydrogens (tertiary/aromatic N) is 2. The number of rotatable bonds is 4. The van der Waals surface area contributed by atoms with Crippen LogP contribution in [0.25, 0.3) is 0 Å². The van der Waals surface area contributed by atoms with Crippen molar-refractivity contribution < 1.29 is 14.7 Å². The molecular formula is C25H37ClN2O3. The Kier molecular flexibility index (Phi) is 7.90. The fourth-order valence-electron chi connectivity index (χ4n) is 5.49. The molecule has 1 saturated carbocycles. The van der Waals surface area contributed by atoms with Crippen molar-refractivity contribution in [1.82, 2.24) is 9.80 Å². The lowest BCUT2D eigenvalue weighted by Crippen LogP contribution is -2.55. The van der Waals surface area contributed by atoms with Gasteiger partial charge in [-0.2, -0.15) is 0 Å². The van der Waals surface area contributed by atoms with Gasteiger partial charge in [-0.15, -0.1) is 0 Å². The average Bonchev–Trinajstić information content (AvgIpc) is 2.97. The van der Waals surface area contributed by atoms with Gasteiger partial charge < -0.3 is 14.9 Å². The van der Waals surface area contributed by atoms with Crippen LogP contribution in [0.5, 0.6) is 0 Å². The van der Waals surface area contributed by atoms with Crippen LogP contribution in [0.1, 0.15) is 83.6 Å². The number of carbonyl (C=O) groups excluding carboxylic acids is 1. The quantitative estimate of drug-likeness (QED) is 0.560. The van der Waals surface area contributed by atoms with Crippen LogP contribution in [0.3, 0.4) is 0 Å². The molecule has 0 radical (unpaired) electrons. The second-order valence-corrected chi connectivity index (χ2v) is 10.6. The molecule has 1 N–H and O–H groups in total. The van der Waals surface area contributed by atoms with E-state index in [4.69, 9.17) is 11.6 Å². The van der Waals surface area contributed by atoms with Crippen molar-refractivity contribution in [2.24, 2.45) is 5.92 Å². The molecule has 1 aliphatic carbocycles. The fourth-order valence-corrected chi connectivity index (χ4v) is 5.69. The summed E-state index contributed by atoms with van der Waals surface area (Å²) in [5.41, 5.74) is 0.570. The van der Waals surface area contributed by atoms with Crippen LogP contribution >= 0.6 is 11.6 Å². The Morgan fingerprint density at radius 3 is 2.19 bits per heavy atom. The second kappa shape index (κ2) is 10.2. The van der Waals surface area contributed by atoms with Gasteiger partial charge in [-0.1, -0.05) is 49.4 Å². The molecule has 0 bridgehead atoms. The zero-order chi connectivity index (χ0) is 22.6. The number of halogens is 1. The smallest absolute Gasteiger partial charge is 0.407 e. The molecule has 172 valence electrons. The van der Waals surface area contributed by atoms with Crippen LogP contribution in [0, 0.1) is 5.92 Å². The van der Waals surface area contributed by atoms with E-state index >= 15 is 0 Å². The maximum absolute atomic E-state index is 13.8. The summed E-state index contributed by atoms with van der Waals surface area (Å²) < 4.78 is 0. The zero-order valence-electron chi connectivity index (χ0n) is 19.1. The minimum absolute atomic E-state index is 0.0518. The Balaban J connectivity index is 1.77. The SMILES string of the molecule is CC(C)(C)N(C(=O)O)C1CCN(C(=O)C(c2cccc(Cl)c2)C2CCCCCC2)CC1. The number of amides is 2. The first kappa shape index (κ1) is 23.9. The third-order valence-electron chi connectivity index (χ3n) is 6.92. The summed E-state index contributed by atoms with van der Waals surface area (Å²) in [4.78, 5) is 29.2. The first-order valence-corrected chi connectivity index (χ1v) is 12.1. The van der Waals surface area contributed by atoms with Gasteiger partial charge in [0.2, 0.25) is 5.91 Å². The van der Waals surface area contributed by atoms with E-state index in [1.165, 1.54) is 25.7 Å². The van der Waals surface area contributed by atoms with E-state index < -0.39 is 11.6 Å². The molecule has 1 heterocycles. The molecule has 5 nitrogen and oxygen atoms in total. The van der Waals surface area contributed by atoms with Gasteiger partial charge in [0.15, 0.2) is 0 Å². The number of hydrogen-bond acceptors (Lipinski definition) is 2. The highest BCUT2D eigenvalue weighted by atomic mass is 35.5. The summed E-state index contributed by atoms with van der Waals surface area (Å²) in [7, 11) is 0. The first-order chi connectivity index (χ1) is 14.7. The summed E-state index contributed by atoms with van der Waals surface area (Å²) >= 11 is 6.29. The Morgan fingerprint density at radius 1 is 1.06 bits per heavy atom. The van der Waals surface area contributed by atoms with Crippen molar-refractivity contribution in [3.63, 3.8) is 0 Å². The summed E-state index contributed by atoms with van der Waals surface area (Å²) in [6, 6.07) is 7.74. The average molecular weight is 449 g/mol. The largest absolute Gasteiger partial charge is 0.465 e. The van der Waals surface area contributed by atoms with E-state index in [1.807, 2.05) is 49.9 Å². The molecule has 1 atom stereocenters. The van der Waals surface area contributed by atoms with Crippen molar-refractivity contribution in [2.45, 2.75) is 89.6 Å². The third-order valence-corrected chi connectivity index (χ3v) is 7.15. The highest BCUT2D eigenvalue weighted by molar-refractivity contribution is 6.30. The summed E-state index contributed by atoms with van der Waals surface area (Å²) in [6.45, 7) is 7.00. The molecule has 0 spiro atoms. The van der Waals surface area contributed by atoms with Crippen molar-refractivity contribution in [3.8, 4) is 0 Å². The van der Waals surface area contributed by atoms with Crippen molar-refractivity contribution in [3.05, 3.63) is 34.9 Å². The monoisotopic (exact) mass is 448 g/mol. The zero-order valence-corrected chi connectivity index (χ0v) is 19.9. The first-order valence-electron chi connectivity index (χ1n) is 11.7. The molecule has 31 heavy (non-hydrogen) atoms. The number of carboxylic acid groups (broad SMARTS) is 1. The van der Waals surface area contributed by atoms with Gasteiger partial charge in [0.25, 0.3) is 0 Å². The van der Waals surface area contributed by atoms with Crippen LogP contribution in [0.4, 0.5) is 4.79 Å². The normalized spacial score (nSPS) is 20.2. The van der Waals surface area contributed by atoms with Crippen molar-refractivity contribution >= 4 is 23.6 Å². The predicted octanol–water partition coefficient (Wildman–Crippen LogP) is 6.16. The highest BCUT2D eigenvalue weighted by Gasteiger charge is 2.39. The summed E-state index contributed by atoms with van der Waals surface area (Å²) in [6.07, 6.45) is 7.49. The molecule has 3 rings (SSSR count). The lowest BCUT2D eigenvalue weighted by atomic mass is 9.80. The Morgan fingerprint density at radius 2 is 1.68 bits per heavy atom. The molecule has 1 aromatic rings. The number of piperidine rings is 1. The van der Waals surface area contributed by atoms with E-state index in [-0.39, 0.29) is 17.9 Å². The van der Waals surface area contributed by atoms with Crippen molar-refractivity contribution in [1.29, 1.82) is 0 Å².